The summed E-state index contributed by atoms with van der Waals surface area (Å²) >= 11 is 0. The molecule has 1 aromatic heterocycles. The normalized spacial score (nSPS) is 14.9. The lowest BCUT2D eigenvalue weighted by Crippen LogP contribution is -2.32. The minimum absolute atomic E-state index is 0.761. The Morgan fingerprint density at radius 1 is 0.909 bits per heavy atom. The van der Waals surface area contributed by atoms with E-state index >= 15 is 0 Å². The third kappa shape index (κ3) is 5.33. The molecular weight excluding hydrogens is 265 g/mol. The van der Waals surface area contributed by atoms with Crippen molar-refractivity contribution >= 4 is 12.2 Å². The molecule has 1 heterocycles. The van der Waals surface area contributed by atoms with Gasteiger partial charge in [-0.1, -0.05) is 86.6 Å². The smallest absolute Gasteiger partial charge is 0.175 e. The van der Waals surface area contributed by atoms with E-state index in [-0.39, 0.29) is 0 Å². The van der Waals surface area contributed by atoms with Gasteiger partial charge in [0.05, 0.1) is 0 Å². The molecular formula is C20H28BN. The van der Waals surface area contributed by atoms with E-state index in [0.717, 1.165) is 12.5 Å². The average Bonchev–Trinajstić information content (AvgIpc) is 2.56. The standard InChI is InChI=1S/C13H19B.C7H9N/c1-14(12-8-4-2-5-9-12)13-10-6-3-7-11-13;1-6-3-7(2)5-8-4-6/h2,4-5,8-9,13H,3,6-7,10-11H2,1H3;3-5H,1-2H3. The number of hydrogen-bond acceptors (Lipinski definition) is 1. The molecule has 0 saturated heterocycles. The summed E-state index contributed by atoms with van der Waals surface area (Å²) in [6, 6.07) is 13.1. The predicted octanol–water partition coefficient (Wildman–Crippen LogP) is 5.05. The summed E-state index contributed by atoms with van der Waals surface area (Å²) in [4.78, 5) is 3.98. The van der Waals surface area contributed by atoms with Crippen LogP contribution < -0.4 is 5.46 Å². The van der Waals surface area contributed by atoms with Crippen LogP contribution in [0, 0.1) is 13.8 Å². The van der Waals surface area contributed by atoms with Crippen molar-refractivity contribution in [2.45, 2.75) is 58.6 Å². The molecule has 3 rings (SSSR count). The van der Waals surface area contributed by atoms with E-state index in [4.69, 9.17) is 0 Å². The van der Waals surface area contributed by atoms with Crippen molar-refractivity contribution in [2.24, 2.45) is 0 Å². The molecule has 2 heteroatoms. The van der Waals surface area contributed by atoms with Gasteiger partial charge < -0.3 is 0 Å². The van der Waals surface area contributed by atoms with Gasteiger partial charge in [-0.2, -0.15) is 0 Å². The molecule has 1 fully saturated rings. The van der Waals surface area contributed by atoms with Gasteiger partial charge in [-0.3, -0.25) is 4.98 Å². The molecule has 2 aromatic rings. The van der Waals surface area contributed by atoms with Gasteiger partial charge in [-0.25, -0.2) is 0 Å². The predicted molar refractivity (Wildman–Crippen MR) is 98.2 cm³/mol. The molecule has 116 valence electrons. The molecule has 1 aliphatic rings. The fourth-order valence-corrected chi connectivity index (χ4v) is 3.37. The molecule has 0 spiro atoms. The largest absolute Gasteiger partial charge is 0.264 e. The monoisotopic (exact) mass is 293 g/mol. The Hall–Kier alpha value is -1.57. The summed E-state index contributed by atoms with van der Waals surface area (Å²) in [5.41, 5.74) is 3.98. The van der Waals surface area contributed by atoms with Crippen LogP contribution in [0.5, 0.6) is 0 Å². The molecule has 0 radical (unpaired) electrons. The third-order valence-electron chi connectivity index (χ3n) is 4.69. The van der Waals surface area contributed by atoms with Gasteiger partial charge in [0.2, 0.25) is 0 Å². The van der Waals surface area contributed by atoms with Crippen molar-refractivity contribution in [3.05, 3.63) is 59.9 Å². The highest BCUT2D eigenvalue weighted by Gasteiger charge is 2.23. The van der Waals surface area contributed by atoms with Crippen molar-refractivity contribution in [3.8, 4) is 0 Å². The Kier molecular flexibility index (Phi) is 6.70. The van der Waals surface area contributed by atoms with Gasteiger partial charge in [-0.15, -0.1) is 0 Å². The van der Waals surface area contributed by atoms with E-state index in [9.17, 15) is 0 Å². The van der Waals surface area contributed by atoms with Crippen LogP contribution in [0.25, 0.3) is 0 Å². The van der Waals surface area contributed by atoms with Gasteiger partial charge in [0.15, 0.2) is 6.71 Å². The third-order valence-corrected chi connectivity index (χ3v) is 4.69. The second-order valence-electron chi connectivity index (χ2n) is 6.64. The van der Waals surface area contributed by atoms with Crippen LogP contribution >= 0.6 is 0 Å². The van der Waals surface area contributed by atoms with Crippen molar-refractivity contribution < 1.29 is 0 Å². The van der Waals surface area contributed by atoms with Crippen LogP contribution in [0.4, 0.5) is 0 Å². The molecule has 1 aliphatic carbocycles. The molecule has 1 aromatic carbocycles. The second-order valence-corrected chi connectivity index (χ2v) is 6.64. The molecule has 22 heavy (non-hydrogen) atoms. The summed E-state index contributed by atoms with van der Waals surface area (Å²) < 4.78 is 0. The second kappa shape index (κ2) is 8.78. The zero-order chi connectivity index (χ0) is 15.8. The zero-order valence-electron chi connectivity index (χ0n) is 14.3. The van der Waals surface area contributed by atoms with E-state index < -0.39 is 0 Å². The molecule has 0 unspecified atom stereocenters. The minimum Gasteiger partial charge on any atom is -0.264 e. The van der Waals surface area contributed by atoms with Crippen LogP contribution in [-0.4, -0.2) is 11.7 Å². The van der Waals surface area contributed by atoms with Crippen LogP contribution in [0.3, 0.4) is 0 Å². The Labute approximate surface area is 136 Å². The lowest BCUT2D eigenvalue weighted by atomic mass is 9.37. The Morgan fingerprint density at radius 3 is 2.00 bits per heavy atom. The van der Waals surface area contributed by atoms with Crippen molar-refractivity contribution in [1.82, 2.24) is 4.98 Å². The van der Waals surface area contributed by atoms with Crippen LogP contribution in [0.15, 0.2) is 48.8 Å². The number of rotatable bonds is 2. The fourth-order valence-electron chi connectivity index (χ4n) is 3.37. The Morgan fingerprint density at radius 2 is 1.50 bits per heavy atom. The Balaban J connectivity index is 0.000000188. The highest BCUT2D eigenvalue weighted by Crippen LogP contribution is 2.30. The molecule has 0 amide bonds. The van der Waals surface area contributed by atoms with Crippen molar-refractivity contribution in [3.63, 3.8) is 0 Å². The maximum atomic E-state index is 3.98. The van der Waals surface area contributed by atoms with Gasteiger partial charge in [0, 0.05) is 12.4 Å². The van der Waals surface area contributed by atoms with E-state index in [1.165, 1.54) is 48.7 Å². The van der Waals surface area contributed by atoms with Gasteiger partial charge in [0.25, 0.3) is 0 Å². The van der Waals surface area contributed by atoms with Crippen molar-refractivity contribution in [1.29, 1.82) is 0 Å². The molecule has 0 N–H and O–H groups in total. The number of aryl methyl sites for hydroxylation is 2. The highest BCUT2D eigenvalue weighted by atomic mass is 14.6. The topological polar surface area (TPSA) is 12.9 Å². The summed E-state index contributed by atoms with van der Waals surface area (Å²) in [6.07, 6.45) is 10.9. The number of aromatic nitrogens is 1. The number of hydrogen-bond donors (Lipinski definition) is 0. The first-order valence-electron chi connectivity index (χ1n) is 8.60. The molecule has 0 aliphatic heterocycles. The number of nitrogens with zero attached hydrogens (tertiary/aromatic N) is 1. The molecule has 1 saturated carbocycles. The lowest BCUT2D eigenvalue weighted by Gasteiger charge is -2.25. The highest BCUT2D eigenvalue weighted by molar-refractivity contribution is 6.73. The van der Waals surface area contributed by atoms with Crippen LogP contribution in [0.1, 0.15) is 43.2 Å². The summed E-state index contributed by atoms with van der Waals surface area (Å²) in [5.74, 6) is 0.936. The maximum Gasteiger partial charge on any atom is 0.175 e. The molecule has 1 nitrogen and oxygen atoms in total. The zero-order valence-corrected chi connectivity index (χ0v) is 14.3. The maximum absolute atomic E-state index is 3.98. The van der Waals surface area contributed by atoms with Crippen LogP contribution in [-0.2, 0) is 0 Å². The number of pyridine rings is 1. The van der Waals surface area contributed by atoms with Gasteiger partial charge in [0.1, 0.15) is 0 Å². The van der Waals surface area contributed by atoms with Crippen LogP contribution in [0.2, 0.25) is 12.6 Å². The Bertz CT molecular complexity index is 529. The van der Waals surface area contributed by atoms with E-state index in [1.54, 1.807) is 0 Å². The van der Waals surface area contributed by atoms with Gasteiger partial charge in [-0.05, 0) is 25.0 Å². The fraction of sp³-hybridized carbons (Fsp3) is 0.450. The molecule has 0 atom stereocenters. The van der Waals surface area contributed by atoms with Crippen molar-refractivity contribution in [2.75, 3.05) is 0 Å². The first-order valence-corrected chi connectivity index (χ1v) is 8.60. The summed E-state index contributed by atoms with van der Waals surface area (Å²) in [5, 5.41) is 0. The minimum atomic E-state index is 0.761. The summed E-state index contributed by atoms with van der Waals surface area (Å²) in [6.45, 7) is 7.24. The van der Waals surface area contributed by atoms with E-state index in [1.807, 2.05) is 26.2 Å². The first-order chi connectivity index (χ1) is 10.7. The quantitative estimate of drug-likeness (QED) is 0.706. The SMILES string of the molecule is CB(c1ccccc1)C1CCCCC1.Cc1cncc(C)c1. The first kappa shape index (κ1) is 16.8. The summed E-state index contributed by atoms with van der Waals surface area (Å²) in [7, 11) is 0. The molecule has 0 bridgehead atoms. The lowest BCUT2D eigenvalue weighted by molar-refractivity contribution is 0.498. The number of benzene rings is 1. The van der Waals surface area contributed by atoms with Gasteiger partial charge >= 0.3 is 0 Å². The van der Waals surface area contributed by atoms with E-state index in [0.29, 0.717) is 0 Å². The average molecular weight is 293 g/mol. The van der Waals surface area contributed by atoms with E-state index in [2.05, 4.69) is 48.2 Å².